The minimum atomic E-state index is -0.584. The number of oxime groups is 1. The molecule has 0 radical (unpaired) electrons. The molecular formula is C18H23FN2O3. The summed E-state index contributed by atoms with van der Waals surface area (Å²) in [4.78, 5) is 18.0. The zero-order chi connectivity index (χ0) is 17.0. The van der Waals surface area contributed by atoms with Gasteiger partial charge in [-0.3, -0.25) is 4.79 Å². The van der Waals surface area contributed by atoms with Crippen molar-refractivity contribution in [2.75, 3.05) is 19.7 Å². The number of benzene rings is 1. The Kier molecular flexibility index (Phi) is 5.14. The Hall–Kier alpha value is -1.95. The molecule has 0 aliphatic carbocycles. The van der Waals surface area contributed by atoms with Crippen LogP contribution in [0.3, 0.4) is 0 Å². The minimum absolute atomic E-state index is 0.180. The van der Waals surface area contributed by atoms with Gasteiger partial charge < -0.3 is 14.9 Å². The summed E-state index contributed by atoms with van der Waals surface area (Å²) in [5.41, 5.74) is 0.479. The molecule has 1 aromatic carbocycles. The first-order valence-corrected chi connectivity index (χ1v) is 8.50. The molecule has 5 nitrogen and oxygen atoms in total. The Bertz CT molecular complexity index is 626. The number of esters is 1. The van der Waals surface area contributed by atoms with Crippen molar-refractivity contribution in [2.45, 2.75) is 38.7 Å². The van der Waals surface area contributed by atoms with E-state index in [1.54, 1.807) is 18.2 Å². The van der Waals surface area contributed by atoms with E-state index in [0.717, 1.165) is 19.4 Å². The molecule has 0 unspecified atom stereocenters. The monoisotopic (exact) mass is 334 g/mol. The van der Waals surface area contributed by atoms with Gasteiger partial charge in [0.25, 0.3) is 0 Å². The molecule has 130 valence electrons. The molecule has 0 spiro atoms. The lowest BCUT2D eigenvalue weighted by Gasteiger charge is -2.36. The third-order valence-electron chi connectivity index (χ3n) is 4.72. The van der Waals surface area contributed by atoms with Crippen molar-refractivity contribution < 1.29 is 18.8 Å². The highest BCUT2D eigenvalue weighted by Crippen LogP contribution is 2.36. The van der Waals surface area contributed by atoms with E-state index in [2.05, 4.69) is 10.5 Å². The molecule has 0 aromatic heterocycles. The number of ether oxygens (including phenoxy) is 1. The summed E-state index contributed by atoms with van der Waals surface area (Å²) in [6.45, 7) is 3.67. The highest BCUT2D eigenvalue weighted by atomic mass is 19.1. The number of carbonyl (C=O) groups excluding carboxylic acids is 1. The normalized spacial score (nSPS) is 26.6. The Morgan fingerprint density at radius 3 is 3.04 bits per heavy atom. The molecule has 24 heavy (non-hydrogen) atoms. The average Bonchev–Trinajstić information content (AvgIpc) is 3.04. The van der Waals surface area contributed by atoms with Gasteiger partial charge in [-0.1, -0.05) is 23.4 Å². The number of nitrogens with zero attached hydrogens (tertiary/aromatic N) is 1. The maximum absolute atomic E-state index is 13.9. The fourth-order valence-corrected chi connectivity index (χ4v) is 3.51. The zero-order valence-electron chi connectivity index (χ0n) is 13.9. The first-order valence-electron chi connectivity index (χ1n) is 8.50. The Morgan fingerprint density at radius 1 is 1.50 bits per heavy atom. The van der Waals surface area contributed by atoms with Crippen molar-refractivity contribution in [3.63, 3.8) is 0 Å². The predicted molar refractivity (Wildman–Crippen MR) is 88.2 cm³/mol. The third kappa shape index (κ3) is 3.43. The van der Waals surface area contributed by atoms with Crippen molar-refractivity contribution in [1.82, 2.24) is 5.32 Å². The molecule has 2 atom stereocenters. The number of piperidine rings is 1. The van der Waals surface area contributed by atoms with Gasteiger partial charge in [-0.15, -0.1) is 0 Å². The SMILES string of the molecule is CCOC(=O)[C@]1(C[C@H]2CC(c3ccccc3F)=NO2)CCCNC1. The zero-order valence-corrected chi connectivity index (χ0v) is 13.9. The minimum Gasteiger partial charge on any atom is -0.466 e. The quantitative estimate of drug-likeness (QED) is 0.841. The second kappa shape index (κ2) is 7.30. The van der Waals surface area contributed by atoms with Gasteiger partial charge >= 0.3 is 5.97 Å². The largest absolute Gasteiger partial charge is 0.466 e. The van der Waals surface area contributed by atoms with Crippen LogP contribution in [0.15, 0.2) is 29.4 Å². The van der Waals surface area contributed by atoms with Crippen LogP contribution in [0.5, 0.6) is 0 Å². The summed E-state index contributed by atoms with van der Waals surface area (Å²) in [5.74, 6) is -0.486. The van der Waals surface area contributed by atoms with Crippen LogP contribution in [0.4, 0.5) is 4.39 Å². The number of rotatable bonds is 5. The molecule has 3 rings (SSSR count). The fraction of sp³-hybridized carbons (Fsp3) is 0.556. The number of halogens is 1. The van der Waals surface area contributed by atoms with Gasteiger partial charge in [0.15, 0.2) is 0 Å². The van der Waals surface area contributed by atoms with Crippen LogP contribution in [-0.4, -0.2) is 37.5 Å². The molecule has 0 bridgehead atoms. The van der Waals surface area contributed by atoms with Gasteiger partial charge in [-0.2, -0.15) is 0 Å². The lowest BCUT2D eigenvalue weighted by molar-refractivity contribution is -0.159. The maximum atomic E-state index is 13.9. The van der Waals surface area contributed by atoms with Crippen molar-refractivity contribution in [2.24, 2.45) is 10.6 Å². The average molecular weight is 334 g/mol. The van der Waals surface area contributed by atoms with Gasteiger partial charge in [0.2, 0.25) is 0 Å². The van der Waals surface area contributed by atoms with Crippen molar-refractivity contribution in [3.8, 4) is 0 Å². The van der Waals surface area contributed by atoms with Crippen LogP contribution < -0.4 is 5.32 Å². The lowest BCUT2D eigenvalue weighted by atomic mass is 9.75. The van der Waals surface area contributed by atoms with Gasteiger partial charge in [-0.05, 0) is 32.4 Å². The van der Waals surface area contributed by atoms with Gasteiger partial charge in [-0.25, -0.2) is 4.39 Å². The number of nitrogens with one attached hydrogen (secondary N) is 1. The topological polar surface area (TPSA) is 59.9 Å². The number of hydrogen-bond donors (Lipinski definition) is 1. The summed E-state index contributed by atoms with van der Waals surface area (Å²) < 4.78 is 19.2. The Morgan fingerprint density at radius 2 is 2.33 bits per heavy atom. The number of carbonyl (C=O) groups is 1. The van der Waals surface area contributed by atoms with Crippen LogP contribution in [0.1, 0.15) is 38.2 Å². The van der Waals surface area contributed by atoms with E-state index >= 15 is 0 Å². The molecule has 1 fully saturated rings. The van der Waals surface area contributed by atoms with E-state index in [9.17, 15) is 9.18 Å². The van der Waals surface area contributed by atoms with E-state index < -0.39 is 5.41 Å². The second-order valence-corrected chi connectivity index (χ2v) is 6.43. The van der Waals surface area contributed by atoms with Gasteiger partial charge in [0, 0.05) is 24.9 Å². The molecule has 2 aliphatic heterocycles. The van der Waals surface area contributed by atoms with Gasteiger partial charge in [0.1, 0.15) is 11.9 Å². The standard InChI is InChI=1S/C18H23FN2O3/c1-2-23-17(22)18(8-5-9-20-12-18)11-13-10-16(21-24-13)14-6-3-4-7-15(14)19/h3-4,6-7,13,20H,2,5,8-12H2,1H3/t13-,18+/m1/s1. The third-order valence-corrected chi connectivity index (χ3v) is 4.72. The Labute approximate surface area is 141 Å². The predicted octanol–water partition coefficient (Wildman–Crippen LogP) is 2.64. The molecule has 6 heteroatoms. The maximum Gasteiger partial charge on any atom is 0.313 e. The Balaban J connectivity index is 1.69. The first-order chi connectivity index (χ1) is 11.6. The van der Waals surface area contributed by atoms with Crippen molar-refractivity contribution in [3.05, 3.63) is 35.6 Å². The van der Waals surface area contributed by atoms with Crippen LogP contribution in [0.2, 0.25) is 0 Å². The highest BCUT2D eigenvalue weighted by Gasteiger charge is 2.44. The van der Waals surface area contributed by atoms with Crippen LogP contribution >= 0.6 is 0 Å². The van der Waals surface area contributed by atoms with E-state index in [0.29, 0.717) is 37.3 Å². The molecule has 2 heterocycles. The van der Waals surface area contributed by atoms with Crippen molar-refractivity contribution in [1.29, 1.82) is 0 Å². The molecule has 1 aromatic rings. The summed E-state index contributed by atoms with van der Waals surface area (Å²) in [5, 5.41) is 7.34. The highest BCUT2D eigenvalue weighted by molar-refractivity contribution is 6.01. The number of hydrogen-bond acceptors (Lipinski definition) is 5. The summed E-state index contributed by atoms with van der Waals surface area (Å²) in [6.07, 6.45) is 2.49. The van der Waals surface area contributed by atoms with Crippen LogP contribution in [0, 0.1) is 11.2 Å². The van der Waals surface area contributed by atoms with E-state index in [1.165, 1.54) is 6.07 Å². The summed E-state index contributed by atoms with van der Waals surface area (Å²) >= 11 is 0. The molecule has 1 N–H and O–H groups in total. The van der Waals surface area contributed by atoms with Gasteiger partial charge in [0.05, 0.1) is 17.7 Å². The van der Waals surface area contributed by atoms with E-state index in [4.69, 9.17) is 9.57 Å². The smallest absolute Gasteiger partial charge is 0.313 e. The fourth-order valence-electron chi connectivity index (χ4n) is 3.51. The lowest BCUT2D eigenvalue weighted by Crippen LogP contribution is -2.48. The van der Waals surface area contributed by atoms with Crippen molar-refractivity contribution >= 4 is 11.7 Å². The van der Waals surface area contributed by atoms with Crippen LogP contribution in [0.25, 0.3) is 0 Å². The summed E-state index contributed by atoms with van der Waals surface area (Å²) in [7, 11) is 0. The molecule has 1 saturated heterocycles. The molecule has 0 amide bonds. The second-order valence-electron chi connectivity index (χ2n) is 6.43. The molecular weight excluding hydrogens is 311 g/mol. The van der Waals surface area contributed by atoms with E-state index in [1.807, 2.05) is 6.92 Å². The first kappa shape index (κ1) is 16.9. The van der Waals surface area contributed by atoms with E-state index in [-0.39, 0.29) is 17.9 Å². The van der Waals surface area contributed by atoms with Crippen LogP contribution in [-0.2, 0) is 14.4 Å². The molecule has 0 saturated carbocycles. The summed E-state index contributed by atoms with van der Waals surface area (Å²) in [6, 6.07) is 6.54. The molecule has 2 aliphatic rings.